The number of halogens is 3. The number of aromatic nitrogens is 3. The van der Waals surface area contributed by atoms with Gasteiger partial charge in [0.25, 0.3) is 5.91 Å². The van der Waals surface area contributed by atoms with Crippen molar-refractivity contribution in [1.82, 2.24) is 14.8 Å². The number of nitrogens with zero attached hydrogens (tertiary/aromatic N) is 3. The molecule has 1 unspecified atom stereocenters. The number of aliphatic hydroxyl groups is 1. The highest BCUT2D eigenvalue weighted by Gasteiger charge is 2.36. The van der Waals surface area contributed by atoms with Gasteiger partial charge in [0.1, 0.15) is 5.69 Å². The van der Waals surface area contributed by atoms with Crippen LogP contribution in [0.25, 0.3) is 10.9 Å². The second kappa shape index (κ2) is 9.22. The fourth-order valence-electron chi connectivity index (χ4n) is 4.27. The number of aliphatic hydroxyl groups excluding tert-OH is 1. The highest BCUT2D eigenvalue weighted by atomic mass is 32.2. The van der Waals surface area contributed by atoms with Crippen molar-refractivity contribution in [3.8, 4) is 0 Å². The van der Waals surface area contributed by atoms with Gasteiger partial charge >= 0.3 is 6.18 Å². The van der Waals surface area contributed by atoms with Crippen molar-refractivity contribution in [2.75, 3.05) is 18.2 Å². The number of amides is 1. The van der Waals surface area contributed by atoms with Crippen LogP contribution in [0.2, 0.25) is 0 Å². The van der Waals surface area contributed by atoms with Crippen LogP contribution >= 0.6 is 0 Å². The largest absolute Gasteiger partial charge is 0.418 e. The van der Waals surface area contributed by atoms with E-state index in [0.29, 0.717) is 5.39 Å². The Kier molecular flexibility index (Phi) is 6.53. The van der Waals surface area contributed by atoms with Gasteiger partial charge in [0.05, 0.1) is 44.7 Å². The van der Waals surface area contributed by atoms with Crippen LogP contribution in [-0.2, 0) is 17.0 Å². The minimum absolute atomic E-state index is 0.131. The molecule has 1 saturated carbocycles. The molecular formula is C22H23F3N4O3S. The molecule has 0 saturated heterocycles. The molecule has 4 rings (SSSR count). The third-order valence-corrected chi connectivity index (χ3v) is 6.96. The smallest absolute Gasteiger partial charge is 0.396 e. The molecule has 11 heteroatoms. The van der Waals surface area contributed by atoms with Crippen molar-refractivity contribution < 1.29 is 27.3 Å². The van der Waals surface area contributed by atoms with Gasteiger partial charge < -0.3 is 10.4 Å². The third kappa shape index (κ3) is 4.79. The Morgan fingerprint density at radius 1 is 1.27 bits per heavy atom. The summed E-state index contributed by atoms with van der Waals surface area (Å²) in [5.41, 5.74) is -1.02. The van der Waals surface area contributed by atoms with Crippen molar-refractivity contribution >= 4 is 33.3 Å². The van der Waals surface area contributed by atoms with Gasteiger partial charge in [-0.1, -0.05) is 0 Å². The molecule has 0 spiro atoms. The summed E-state index contributed by atoms with van der Waals surface area (Å²) >= 11 is 0. The SMILES string of the molecule is CS(=O)c1cc2c(cnn2C2CCC(CO)CC2)cc1NC(=O)c1ncccc1C(F)(F)F. The predicted molar refractivity (Wildman–Crippen MR) is 117 cm³/mol. The van der Waals surface area contributed by atoms with E-state index >= 15 is 0 Å². The number of fused-ring (bicyclic) bond motifs is 1. The molecule has 1 aliphatic rings. The number of rotatable bonds is 5. The van der Waals surface area contributed by atoms with Crippen LogP contribution in [0.3, 0.4) is 0 Å². The van der Waals surface area contributed by atoms with Gasteiger partial charge in [0, 0.05) is 24.4 Å². The van der Waals surface area contributed by atoms with Gasteiger partial charge in [-0.15, -0.1) is 0 Å². The summed E-state index contributed by atoms with van der Waals surface area (Å²) in [5, 5.41) is 17.0. The Hall–Kier alpha value is -2.79. The van der Waals surface area contributed by atoms with E-state index in [0.717, 1.165) is 49.5 Å². The van der Waals surface area contributed by atoms with E-state index in [-0.39, 0.29) is 29.1 Å². The van der Waals surface area contributed by atoms with E-state index in [2.05, 4.69) is 15.4 Å². The van der Waals surface area contributed by atoms with Gasteiger partial charge in [-0.3, -0.25) is 18.7 Å². The molecule has 2 N–H and O–H groups in total. The number of benzene rings is 1. The van der Waals surface area contributed by atoms with E-state index < -0.39 is 34.1 Å². The minimum atomic E-state index is -4.74. The number of carbonyl (C=O) groups excluding carboxylic acids is 1. The van der Waals surface area contributed by atoms with E-state index in [1.165, 1.54) is 6.26 Å². The number of nitrogens with one attached hydrogen (secondary N) is 1. The van der Waals surface area contributed by atoms with Crippen LogP contribution < -0.4 is 5.32 Å². The molecule has 176 valence electrons. The summed E-state index contributed by atoms with van der Waals surface area (Å²) in [6.07, 6.45) is 2.90. The average molecular weight is 481 g/mol. The summed E-state index contributed by atoms with van der Waals surface area (Å²) in [4.78, 5) is 16.6. The van der Waals surface area contributed by atoms with E-state index in [4.69, 9.17) is 0 Å². The zero-order valence-corrected chi connectivity index (χ0v) is 18.6. The van der Waals surface area contributed by atoms with Crippen LogP contribution in [0.1, 0.15) is 47.8 Å². The lowest BCUT2D eigenvalue weighted by atomic mass is 9.86. The fraction of sp³-hybridized carbons (Fsp3) is 0.409. The molecule has 1 aliphatic carbocycles. The zero-order valence-electron chi connectivity index (χ0n) is 17.8. The van der Waals surface area contributed by atoms with Crippen LogP contribution in [0.15, 0.2) is 41.6 Å². The van der Waals surface area contributed by atoms with Gasteiger partial charge in [-0.05, 0) is 55.9 Å². The summed E-state index contributed by atoms with van der Waals surface area (Å²) in [6.45, 7) is 0.168. The molecule has 7 nitrogen and oxygen atoms in total. The fourth-order valence-corrected chi connectivity index (χ4v) is 4.97. The maximum Gasteiger partial charge on any atom is 0.418 e. The van der Waals surface area contributed by atoms with Crippen molar-refractivity contribution in [2.45, 2.75) is 42.8 Å². The number of hydrogen-bond acceptors (Lipinski definition) is 5. The maximum atomic E-state index is 13.3. The van der Waals surface area contributed by atoms with Gasteiger partial charge in [0.15, 0.2) is 0 Å². The van der Waals surface area contributed by atoms with Crippen molar-refractivity contribution in [1.29, 1.82) is 0 Å². The summed E-state index contributed by atoms with van der Waals surface area (Å²) in [6, 6.07) is 5.27. The molecule has 0 bridgehead atoms. The molecule has 2 aromatic heterocycles. The van der Waals surface area contributed by atoms with Crippen molar-refractivity contribution in [3.63, 3.8) is 0 Å². The summed E-state index contributed by atoms with van der Waals surface area (Å²) < 4.78 is 54.2. The number of pyridine rings is 1. The summed E-state index contributed by atoms with van der Waals surface area (Å²) in [5.74, 6) is -0.750. The first kappa shape index (κ1) is 23.4. The lowest BCUT2D eigenvalue weighted by molar-refractivity contribution is -0.138. The molecule has 1 aromatic carbocycles. The molecule has 1 atom stereocenters. The molecule has 3 aromatic rings. The van der Waals surface area contributed by atoms with E-state index in [1.807, 2.05) is 4.68 Å². The predicted octanol–water partition coefficient (Wildman–Crippen LogP) is 4.16. The second-order valence-electron chi connectivity index (χ2n) is 8.16. The standard InChI is InChI=1S/C22H23F3N4O3S/c1-33(32)19-10-18-14(11-27-29(18)15-6-4-13(12-30)5-7-15)9-17(19)28-21(31)20-16(22(23,24)25)3-2-8-26-20/h2-3,8-11,13,15,30H,4-7,12H2,1H3,(H,28,31). The minimum Gasteiger partial charge on any atom is -0.396 e. The Balaban J connectivity index is 1.68. The lowest BCUT2D eigenvalue weighted by Gasteiger charge is -2.28. The normalized spacial score (nSPS) is 20.0. The molecule has 33 heavy (non-hydrogen) atoms. The number of anilines is 1. The Bertz CT molecular complexity index is 1200. The monoisotopic (exact) mass is 480 g/mol. The van der Waals surface area contributed by atoms with Gasteiger partial charge in [-0.25, -0.2) is 0 Å². The Morgan fingerprint density at radius 3 is 2.64 bits per heavy atom. The quantitative estimate of drug-likeness (QED) is 0.572. The molecule has 1 amide bonds. The molecular weight excluding hydrogens is 457 g/mol. The van der Waals surface area contributed by atoms with Crippen LogP contribution in [-0.4, -0.2) is 42.8 Å². The topological polar surface area (TPSA) is 97.1 Å². The second-order valence-corrected chi connectivity index (χ2v) is 9.51. The van der Waals surface area contributed by atoms with E-state index in [1.54, 1.807) is 18.3 Å². The van der Waals surface area contributed by atoms with Crippen LogP contribution in [0, 0.1) is 5.92 Å². The van der Waals surface area contributed by atoms with Crippen LogP contribution in [0.5, 0.6) is 0 Å². The Morgan fingerprint density at radius 2 is 2.00 bits per heavy atom. The number of alkyl halides is 3. The number of hydrogen-bond donors (Lipinski definition) is 2. The lowest BCUT2D eigenvalue weighted by Crippen LogP contribution is -2.21. The molecule has 0 aliphatic heterocycles. The first-order valence-corrected chi connectivity index (χ1v) is 12.0. The molecule has 1 fully saturated rings. The number of carbonyl (C=O) groups is 1. The molecule has 2 heterocycles. The molecule has 0 radical (unpaired) electrons. The van der Waals surface area contributed by atoms with Gasteiger partial charge in [0.2, 0.25) is 0 Å². The Labute approximate surface area is 190 Å². The van der Waals surface area contributed by atoms with E-state index in [9.17, 15) is 27.3 Å². The van der Waals surface area contributed by atoms with Crippen molar-refractivity contribution in [2.24, 2.45) is 5.92 Å². The zero-order chi connectivity index (χ0) is 23.8. The van der Waals surface area contributed by atoms with Crippen molar-refractivity contribution in [3.05, 3.63) is 47.9 Å². The maximum absolute atomic E-state index is 13.3. The first-order chi connectivity index (χ1) is 15.7. The highest BCUT2D eigenvalue weighted by molar-refractivity contribution is 7.84. The third-order valence-electron chi connectivity index (χ3n) is 6.00. The average Bonchev–Trinajstić information content (AvgIpc) is 3.20. The van der Waals surface area contributed by atoms with Crippen LogP contribution in [0.4, 0.5) is 18.9 Å². The highest BCUT2D eigenvalue weighted by Crippen LogP contribution is 2.36. The summed E-state index contributed by atoms with van der Waals surface area (Å²) in [7, 11) is -1.53. The first-order valence-electron chi connectivity index (χ1n) is 10.5. The van der Waals surface area contributed by atoms with Gasteiger partial charge in [-0.2, -0.15) is 18.3 Å².